The van der Waals surface area contributed by atoms with E-state index in [1.165, 1.54) is 0 Å². The molecule has 0 saturated carbocycles. The Hall–Kier alpha value is -0.330. The van der Waals surface area contributed by atoms with E-state index in [2.05, 4.69) is 0 Å². The molecular formula is C9H20ClNO4S. The van der Waals surface area contributed by atoms with Gasteiger partial charge in [-0.3, -0.25) is 4.79 Å². The molecule has 0 saturated heterocycles. The van der Waals surface area contributed by atoms with Crippen LogP contribution in [-0.4, -0.2) is 39.0 Å². The lowest BCUT2D eigenvalue weighted by Gasteiger charge is -2.12. The van der Waals surface area contributed by atoms with Crippen molar-refractivity contribution in [2.45, 2.75) is 26.3 Å². The Kier molecular flexibility index (Phi) is 8.87. The molecule has 98 valence electrons. The Morgan fingerprint density at radius 2 is 1.88 bits per heavy atom. The first kappa shape index (κ1) is 18.0. The minimum absolute atomic E-state index is 0. The van der Waals surface area contributed by atoms with Crippen LogP contribution in [0.25, 0.3) is 0 Å². The Bertz CT molecular complexity index is 303. The number of sulfone groups is 1. The Labute approximate surface area is 103 Å². The van der Waals surface area contributed by atoms with Gasteiger partial charge in [0, 0.05) is 6.26 Å². The van der Waals surface area contributed by atoms with Crippen molar-refractivity contribution in [1.82, 2.24) is 0 Å². The van der Waals surface area contributed by atoms with Crippen LogP contribution in [0.5, 0.6) is 0 Å². The number of carbonyl (C=O) groups is 1. The largest absolute Gasteiger partial charge is 0.464 e. The van der Waals surface area contributed by atoms with Gasteiger partial charge in [0.2, 0.25) is 0 Å². The maximum atomic E-state index is 11.2. The molecule has 0 aliphatic carbocycles. The smallest absolute Gasteiger partial charge is 0.322 e. The molecule has 0 aliphatic heterocycles. The Balaban J connectivity index is 0. The highest BCUT2D eigenvalue weighted by atomic mass is 35.5. The molecule has 0 radical (unpaired) electrons. The zero-order valence-corrected chi connectivity index (χ0v) is 11.4. The van der Waals surface area contributed by atoms with E-state index in [-0.39, 0.29) is 30.5 Å². The van der Waals surface area contributed by atoms with E-state index in [1.54, 1.807) is 0 Å². The SMILES string of the molecule is CC(C)COC(=O)[C@@H](N)CCS(C)(=O)=O.Cl. The number of hydrogen-bond acceptors (Lipinski definition) is 5. The van der Waals surface area contributed by atoms with Gasteiger partial charge in [-0.2, -0.15) is 0 Å². The molecule has 0 bridgehead atoms. The van der Waals surface area contributed by atoms with Gasteiger partial charge in [0.05, 0.1) is 12.4 Å². The standard InChI is InChI=1S/C9H19NO4S.ClH/c1-7(2)6-14-9(11)8(10)4-5-15(3,12)13;/h7-8H,4-6,10H2,1-3H3;1H/t8-;/m0./s1. The van der Waals surface area contributed by atoms with E-state index in [0.29, 0.717) is 6.61 Å². The summed E-state index contributed by atoms with van der Waals surface area (Å²) >= 11 is 0. The molecule has 7 heteroatoms. The maximum absolute atomic E-state index is 11.2. The van der Waals surface area contributed by atoms with Gasteiger partial charge in [-0.05, 0) is 12.3 Å². The Morgan fingerprint density at radius 1 is 1.38 bits per heavy atom. The van der Waals surface area contributed by atoms with Crippen molar-refractivity contribution < 1.29 is 17.9 Å². The summed E-state index contributed by atoms with van der Waals surface area (Å²) in [4.78, 5) is 11.2. The number of ether oxygens (including phenoxy) is 1. The molecule has 0 amide bonds. The molecule has 5 nitrogen and oxygen atoms in total. The third-order valence-corrected chi connectivity index (χ3v) is 2.64. The van der Waals surface area contributed by atoms with Gasteiger partial charge < -0.3 is 10.5 Å². The summed E-state index contributed by atoms with van der Waals surface area (Å²) in [7, 11) is -3.07. The van der Waals surface area contributed by atoms with Gasteiger partial charge in [-0.1, -0.05) is 13.8 Å². The van der Waals surface area contributed by atoms with Gasteiger partial charge in [0.25, 0.3) is 0 Å². The third kappa shape index (κ3) is 10.2. The zero-order valence-electron chi connectivity index (χ0n) is 9.80. The fraction of sp³-hybridized carbons (Fsp3) is 0.889. The molecule has 0 aliphatic rings. The van der Waals surface area contributed by atoms with Gasteiger partial charge >= 0.3 is 5.97 Å². The van der Waals surface area contributed by atoms with Gasteiger partial charge in [0.1, 0.15) is 15.9 Å². The van der Waals surface area contributed by atoms with Crippen molar-refractivity contribution in [3.05, 3.63) is 0 Å². The number of rotatable bonds is 6. The van der Waals surface area contributed by atoms with Crippen molar-refractivity contribution in [1.29, 1.82) is 0 Å². The van der Waals surface area contributed by atoms with E-state index < -0.39 is 21.8 Å². The van der Waals surface area contributed by atoms with Gasteiger partial charge in [-0.15, -0.1) is 12.4 Å². The van der Waals surface area contributed by atoms with Crippen LogP contribution in [0.3, 0.4) is 0 Å². The van der Waals surface area contributed by atoms with Crippen molar-refractivity contribution >= 4 is 28.2 Å². The molecular weight excluding hydrogens is 254 g/mol. The molecule has 16 heavy (non-hydrogen) atoms. The number of esters is 1. The first-order valence-corrected chi connectivity index (χ1v) is 6.88. The van der Waals surface area contributed by atoms with Crippen molar-refractivity contribution in [2.75, 3.05) is 18.6 Å². The van der Waals surface area contributed by atoms with Crippen LogP contribution in [-0.2, 0) is 19.4 Å². The number of halogens is 1. The lowest BCUT2D eigenvalue weighted by molar-refractivity contribution is -0.146. The normalized spacial score (nSPS) is 13.1. The van der Waals surface area contributed by atoms with E-state index >= 15 is 0 Å². The van der Waals surface area contributed by atoms with Crippen LogP contribution in [0.4, 0.5) is 0 Å². The molecule has 2 N–H and O–H groups in total. The zero-order chi connectivity index (χ0) is 12.1. The van der Waals surface area contributed by atoms with Crippen LogP contribution >= 0.6 is 12.4 Å². The van der Waals surface area contributed by atoms with Crippen LogP contribution in [0.2, 0.25) is 0 Å². The number of hydrogen-bond donors (Lipinski definition) is 1. The van der Waals surface area contributed by atoms with Crippen LogP contribution < -0.4 is 5.73 Å². The lowest BCUT2D eigenvalue weighted by Crippen LogP contribution is -2.34. The van der Waals surface area contributed by atoms with E-state index in [9.17, 15) is 13.2 Å². The van der Waals surface area contributed by atoms with Crippen molar-refractivity contribution in [3.63, 3.8) is 0 Å². The molecule has 0 heterocycles. The second kappa shape index (κ2) is 7.86. The highest BCUT2D eigenvalue weighted by molar-refractivity contribution is 7.90. The monoisotopic (exact) mass is 273 g/mol. The van der Waals surface area contributed by atoms with Crippen molar-refractivity contribution in [3.8, 4) is 0 Å². The predicted octanol–water partition coefficient (Wildman–Crippen LogP) is 0.369. The molecule has 0 fully saturated rings. The summed E-state index contributed by atoms with van der Waals surface area (Å²) in [6.45, 7) is 4.13. The minimum atomic E-state index is -3.07. The summed E-state index contributed by atoms with van der Waals surface area (Å²) in [5.41, 5.74) is 5.47. The van der Waals surface area contributed by atoms with E-state index in [4.69, 9.17) is 10.5 Å². The van der Waals surface area contributed by atoms with Crippen LogP contribution in [0.15, 0.2) is 0 Å². The fourth-order valence-corrected chi connectivity index (χ4v) is 1.50. The number of nitrogens with two attached hydrogens (primary N) is 1. The molecule has 0 rings (SSSR count). The topological polar surface area (TPSA) is 86.5 Å². The summed E-state index contributed by atoms with van der Waals surface area (Å²) in [6.07, 6.45) is 1.22. The third-order valence-electron chi connectivity index (χ3n) is 1.66. The van der Waals surface area contributed by atoms with Gasteiger partial charge in [-0.25, -0.2) is 8.42 Å². The summed E-state index contributed by atoms with van der Waals surface area (Å²) < 4.78 is 26.5. The predicted molar refractivity (Wildman–Crippen MR) is 65.3 cm³/mol. The maximum Gasteiger partial charge on any atom is 0.322 e. The summed E-state index contributed by atoms with van der Waals surface area (Å²) in [5.74, 6) is -0.381. The van der Waals surface area contributed by atoms with Gasteiger partial charge in [0.15, 0.2) is 0 Å². The first-order valence-electron chi connectivity index (χ1n) is 4.82. The molecule has 0 aromatic rings. The molecule has 0 aromatic carbocycles. The quantitative estimate of drug-likeness (QED) is 0.707. The highest BCUT2D eigenvalue weighted by Crippen LogP contribution is 1.99. The minimum Gasteiger partial charge on any atom is -0.464 e. The first-order chi connectivity index (χ1) is 6.72. The summed E-state index contributed by atoms with van der Waals surface area (Å²) in [5, 5.41) is 0. The number of carbonyl (C=O) groups excluding carboxylic acids is 1. The van der Waals surface area contributed by atoms with Crippen molar-refractivity contribution in [2.24, 2.45) is 11.7 Å². The summed E-state index contributed by atoms with van der Waals surface area (Å²) in [6, 6.07) is -0.849. The molecule has 0 unspecified atom stereocenters. The van der Waals surface area contributed by atoms with Crippen LogP contribution in [0, 0.1) is 5.92 Å². The highest BCUT2D eigenvalue weighted by Gasteiger charge is 2.17. The van der Waals surface area contributed by atoms with Crippen LogP contribution in [0.1, 0.15) is 20.3 Å². The second-order valence-corrected chi connectivity index (χ2v) is 6.31. The molecule has 0 spiro atoms. The van der Waals surface area contributed by atoms with E-state index in [1.807, 2.05) is 13.8 Å². The second-order valence-electron chi connectivity index (χ2n) is 4.05. The average Bonchev–Trinajstić information content (AvgIpc) is 2.08. The van der Waals surface area contributed by atoms with E-state index in [0.717, 1.165) is 6.26 Å². The fourth-order valence-electron chi connectivity index (χ4n) is 0.815. The Morgan fingerprint density at radius 3 is 2.25 bits per heavy atom. The average molecular weight is 274 g/mol. The lowest BCUT2D eigenvalue weighted by atomic mass is 10.2. The molecule has 1 atom stereocenters. The molecule has 0 aromatic heterocycles.